The maximum absolute atomic E-state index is 12.3. The van der Waals surface area contributed by atoms with Crippen molar-refractivity contribution < 1.29 is 23.9 Å². The molecule has 0 fully saturated rings. The van der Waals surface area contributed by atoms with E-state index in [0.29, 0.717) is 4.88 Å². The summed E-state index contributed by atoms with van der Waals surface area (Å²) in [5.74, 6) is -1.54. The molecule has 1 aromatic carbocycles. The second-order valence-corrected chi connectivity index (χ2v) is 6.82. The van der Waals surface area contributed by atoms with Gasteiger partial charge >= 0.3 is 5.97 Å². The molecule has 0 spiro atoms. The monoisotopic (exact) mass is 391 g/mol. The minimum Gasteiger partial charge on any atom is -0.460 e. The van der Waals surface area contributed by atoms with E-state index in [1.54, 1.807) is 6.92 Å². The molecule has 0 aliphatic heterocycles. The molecule has 2 rings (SSSR count). The van der Waals surface area contributed by atoms with E-state index in [1.807, 2.05) is 30.3 Å². The van der Waals surface area contributed by atoms with Gasteiger partial charge in [-0.25, -0.2) is 4.98 Å². The molecule has 0 aliphatic rings. The number of carbonyl (C=O) groups is 3. The summed E-state index contributed by atoms with van der Waals surface area (Å²) in [4.78, 5) is 40.6. The zero-order valence-electron chi connectivity index (χ0n) is 15.1. The molecule has 2 N–H and O–H groups in total. The lowest BCUT2D eigenvalue weighted by molar-refractivity contribution is -0.145. The molecule has 144 valence electrons. The third kappa shape index (κ3) is 6.80. The molecule has 0 aliphatic carbocycles. The molecule has 1 atom stereocenters. The largest absolute Gasteiger partial charge is 0.460 e. The van der Waals surface area contributed by atoms with Crippen molar-refractivity contribution in [1.82, 2.24) is 15.6 Å². The Morgan fingerprint density at radius 3 is 2.59 bits per heavy atom. The number of esters is 1. The molecule has 8 nitrogen and oxygen atoms in total. The van der Waals surface area contributed by atoms with Crippen molar-refractivity contribution in [2.24, 2.45) is 0 Å². The van der Waals surface area contributed by atoms with Crippen LogP contribution >= 0.6 is 11.3 Å². The highest BCUT2D eigenvalue weighted by atomic mass is 32.1. The zero-order valence-corrected chi connectivity index (χ0v) is 15.9. The predicted molar refractivity (Wildman–Crippen MR) is 99.2 cm³/mol. The number of benzene rings is 1. The van der Waals surface area contributed by atoms with Crippen molar-refractivity contribution in [3.05, 3.63) is 52.0 Å². The molecule has 9 heteroatoms. The summed E-state index contributed by atoms with van der Waals surface area (Å²) < 4.78 is 10.1. The highest BCUT2D eigenvalue weighted by Gasteiger charge is 2.23. The molecule has 0 saturated heterocycles. The maximum atomic E-state index is 12.3. The lowest BCUT2D eigenvalue weighted by Gasteiger charge is -2.17. The lowest BCUT2D eigenvalue weighted by atomic mass is 10.2. The molecule has 1 aromatic heterocycles. The Kier molecular flexibility index (Phi) is 7.90. The summed E-state index contributed by atoms with van der Waals surface area (Å²) in [7, 11) is 1.41. The number of carbonyl (C=O) groups excluding carboxylic acids is 3. The van der Waals surface area contributed by atoms with E-state index >= 15 is 0 Å². The first-order valence-corrected chi connectivity index (χ1v) is 9.00. The van der Waals surface area contributed by atoms with Gasteiger partial charge in [-0.15, -0.1) is 11.3 Å². The van der Waals surface area contributed by atoms with Crippen molar-refractivity contribution in [2.45, 2.75) is 19.6 Å². The Morgan fingerprint density at radius 1 is 1.22 bits per heavy atom. The lowest BCUT2D eigenvalue weighted by Crippen LogP contribution is -2.50. The first-order chi connectivity index (χ1) is 13.0. The number of nitrogens with zero attached hydrogens (tertiary/aromatic N) is 1. The number of hydrogen-bond acceptors (Lipinski definition) is 7. The van der Waals surface area contributed by atoms with E-state index in [1.165, 1.54) is 24.6 Å². The molecule has 2 aromatic rings. The van der Waals surface area contributed by atoms with Crippen molar-refractivity contribution in [1.29, 1.82) is 0 Å². The molecular weight excluding hydrogens is 370 g/mol. The van der Waals surface area contributed by atoms with Crippen LogP contribution in [0.5, 0.6) is 0 Å². The number of ether oxygens (including phenoxy) is 2. The Labute approximate surface area is 160 Å². The average Bonchev–Trinajstić information content (AvgIpc) is 3.11. The number of nitrogens with one attached hydrogen (secondary N) is 2. The smallest absolute Gasteiger partial charge is 0.325 e. The van der Waals surface area contributed by atoms with E-state index in [0.717, 1.165) is 10.6 Å². The van der Waals surface area contributed by atoms with Crippen LogP contribution in [0.2, 0.25) is 0 Å². The number of amides is 2. The van der Waals surface area contributed by atoms with Gasteiger partial charge in [0, 0.05) is 7.11 Å². The molecule has 0 saturated carbocycles. The number of thiazole rings is 1. The molecule has 1 heterocycles. The first-order valence-electron chi connectivity index (χ1n) is 8.19. The summed E-state index contributed by atoms with van der Waals surface area (Å²) in [6.45, 7) is 1.57. The Bertz CT molecular complexity index is 778. The molecule has 0 radical (unpaired) electrons. The summed E-state index contributed by atoms with van der Waals surface area (Å²) in [5.41, 5.74) is 0.849. The minimum absolute atomic E-state index is 0.0333. The number of hydrogen-bond donors (Lipinski definition) is 2. The molecule has 27 heavy (non-hydrogen) atoms. The van der Waals surface area contributed by atoms with Crippen LogP contribution in [0.4, 0.5) is 0 Å². The van der Waals surface area contributed by atoms with Gasteiger partial charge in [0.2, 0.25) is 5.91 Å². The predicted octanol–water partition coefficient (Wildman–Crippen LogP) is 1.06. The van der Waals surface area contributed by atoms with Crippen molar-refractivity contribution in [3.8, 4) is 0 Å². The Hall–Kier alpha value is -2.78. The summed E-state index contributed by atoms with van der Waals surface area (Å²) >= 11 is 1.22. The number of methoxy groups -OCH3 is 1. The molecule has 2 amide bonds. The number of rotatable bonds is 9. The van der Waals surface area contributed by atoms with Crippen molar-refractivity contribution in [3.63, 3.8) is 0 Å². The summed E-state index contributed by atoms with van der Waals surface area (Å²) in [5, 5.41) is 5.76. The van der Waals surface area contributed by atoms with Crippen molar-refractivity contribution in [2.75, 3.05) is 20.3 Å². The van der Waals surface area contributed by atoms with Gasteiger partial charge in [0.25, 0.3) is 5.91 Å². The second kappa shape index (κ2) is 10.4. The van der Waals surface area contributed by atoms with Gasteiger partial charge in [0.05, 0.1) is 17.8 Å². The van der Waals surface area contributed by atoms with Crippen molar-refractivity contribution >= 4 is 29.1 Å². The number of aryl methyl sites for hydroxylation is 1. The van der Waals surface area contributed by atoms with E-state index in [4.69, 9.17) is 9.47 Å². The van der Waals surface area contributed by atoms with Crippen LogP contribution < -0.4 is 10.6 Å². The maximum Gasteiger partial charge on any atom is 0.325 e. The second-order valence-electron chi connectivity index (χ2n) is 5.59. The minimum atomic E-state index is -0.938. The van der Waals surface area contributed by atoms with Gasteiger partial charge in [-0.3, -0.25) is 14.4 Å². The topological polar surface area (TPSA) is 107 Å². The summed E-state index contributed by atoms with van der Waals surface area (Å²) in [6.07, 6.45) is 1.44. The summed E-state index contributed by atoms with van der Waals surface area (Å²) in [6, 6.07) is 8.27. The fourth-order valence-corrected chi connectivity index (χ4v) is 2.80. The van der Waals surface area contributed by atoms with Crippen LogP contribution in [-0.2, 0) is 25.7 Å². The van der Waals surface area contributed by atoms with Crippen LogP contribution in [0.3, 0.4) is 0 Å². The van der Waals surface area contributed by atoms with Gasteiger partial charge in [0.15, 0.2) is 0 Å². The standard InChI is InChI=1S/C18H21N3O5S/c1-12-19-8-15(27-12)18(24)21-14(11-25-2)17(23)20-9-16(22)26-10-13-6-4-3-5-7-13/h3-8,14H,9-11H2,1-2H3,(H,20,23)(H,21,24). The fraction of sp³-hybridized carbons (Fsp3) is 0.333. The molecular formula is C18H21N3O5S. The normalized spacial score (nSPS) is 11.5. The Morgan fingerprint density at radius 2 is 1.96 bits per heavy atom. The van der Waals surface area contributed by atoms with Gasteiger partial charge < -0.3 is 20.1 Å². The molecule has 1 unspecified atom stereocenters. The van der Waals surface area contributed by atoms with Crippen LogP contribution in [0.25, 0.3) is 0 Å². The number of aromatic nitrogens is 1. The molecule has 0 bridgehead atoms. The van der Waals surface area contributed by atoms with Crippen LogP contribution in [0, 0.1) is 6.92 Å². The average molecular weight is 391 g/mol. The van der Waals surface area contributed by atoms with Crippen LogP contribution in [0.15, 0.2) is 36.5 Å². The first kappa shape index (κ1) is 20.5. The Balaban J connectivity index is 1.81. The van der Waals surface area contributed by atoms with Gasteiger partial charge in [-0.1, -0.05) is 30.3 Å². The van der Waals surface area contributed by atoms with Gasteiger partial charge in [-0.05, 0) is 12.5 Å². The van der Waals surface area contributed by atoms with Gasteiger partial charge in [0.1, 0.15) is 24.1 Å². The third-order valence-corrected chi connectivity index (χ3v) is 4.36. The third-order valence-electron chi connectivity index (χ3n) is 3.45. The van der Waals surface area contributed by atoms with E-state index in [-0.39, 0.29) is 19.8 Å². The highest BCUT2D eigenvalue weighted by Crippen LogP contribution is 2.11. The van der Waals surface area contributed by atoms with Crippen LogP contribution in [0.1, 0.15) is 20.2 Å². The van der Waals surface area contributed by atoms with E-state index in [9.17, 15) is 14.4 Å². The SMILES string of the molecule is COCC(NC(=O)c1cnc(C)s1)C(=O)NCC(=O)OCc1ccccc1. The van der Waals surface area contributed by atoms with Gasteiger partial charge in [-0.2, -0.15) is 0 Å². The van der Waals surface area contributed by atoms with E-state index < -0.39 is 23.8 Å². The highest BCUT2D eigenvalue weighted by molar-refractivity contribution is 7.13. The van der Waals surface area contributed by atoms with Crippen LogP contribution in [-0.4, -0.2) is 49.1 Å². The van der Waals surface area contributed by atoms with E-state index in [2.05, 4.69) is 15.6 Å². The quantitative estimate of drug-likeness (QED) is 0.619. The zero-order chi connectivity index (χ0) is 19.6. The fourth-order valence-electron chi connectivity index (χ4n) is 2.12.